The van der Waals surface area contributed by atoms with E-state index in [1.165, 1.54) is 31.2 Å². The van der Waals surface area contributed by atoms with E-state index in [9.17, 15) is 22.8 Å². The van der Waals surface area contributed by atoms with Crippen LogP contribution in [0.2, 0.25) is 0 Å². The monoisotopic (exact) mass is 469 g/mol. The average molecular weight is 470 g/mol. The predicted octanol–water partition coefficient (Wildman–Crippen LogP) is 1.70. The standard InChI is InChI=1S/C20H27N3O6S2/c1-12(2)22-31(27,28)15-7-5-14(6-8-15)21-18(25)13(3)29-19(26)16-11-30-20(4)10-9-17(24)23(16)20/h5-8,12-13,16,22H,9-11H2,1-4H3,(H,21,25)/t13-,16-,20+/m0/s1. The van der Waals surface area contributed by atoms with Gasteiger partial charge >= 0.3 is 5.97 Å². The zero-order chi connectivity index (χ0) is 23.0. The van der Waals surface area contributed by atoms with Gasteiger partial charge in [0.15, 0.2) is 6.10 Å². The molecule has 0 unspecified atom stereocenters. The Labute approximate surface area is 186 Å². The van der Waals surface area contributed by atoms with Crippen LogP contribution in [0.4, 0.5) is 5.69 Å². The lowest BCUT2D eigenvalue weighted by atomic mass is 10.2. The third-order valence-electron chi connectivity index (χ3n) is 5.20. The lowest BCUT2D eigenvalue weighted by Gasteiger charge is -2.29. The molecule has 0 radical (unpaired) electrons. The van der Waals surface area contributed by atoms with Gasteiger partial charge in [0, 0.05) is 23.9 Å². The molecule has 2 heterocycles. The number of rotatable bonds is 7. The van der Waals surface area contributed by atoms with E-state index in [1.807, 2.05) is 6.92 Å². The Hall–Kier alpha value is -2.11. The number of nitrogens with zero attached hydrogens (tertiary/aromatic N) is 1. The molecule has 2 saturated heterocycles. The van der Waals surface area contributed by atoms with Crippen molar-refractivity contribution in [3.05, 3.63) is 24.3 Å². The third-order valence-corrected chi connectivity index (χ3v) is 8.38. The number of fused-ring (bicyclic) bond motifs is 1. The van der Waals surface area contributed by atoms with Crippen molar-refractivity contribution in [2.75, 3.05) is 11.1 Å². The number of ether oxygens (including phenoxy) is 1. The first-order chi connectivity index (χ1) is 14.4. The van der Waals surface area contributed by atoms with Gasteiger partial charge in [-0.15, -0.1) is 11.8 Å². The van der Waals surface area contributed by atoms with Gasteiger partial charge in [-0.3, -0.25) is 9.59 Å². The molecule has 2 fully saturated rings. The molecule has 9 nitrogen and oxygen atoms in total. The third kappa shape index (κ3) is 5.04. The van der Waals surface area contributed by atoms with Crippen molar-refractivity contribution >= 4 is 45.3 Å². The molecule has 2 amide bonds. The molecule has 2 aliphatic heterocycles. The van der Waals surface area contributed by atoms with E-state index >= 15 is 0 Å². The molecule has 0 aliphatic carbocycles. The number of esters is 1. The van der Waals surface area contributed by atoms with Crippen LogP contribution < -0.4 is 10.0 Å². The summed E-state index contributed by atoms with van der Waals surface area (Å²) in [6, 6.07) is 4.75. The highest BCUT2D eigenvalue weighted by molar-refractivity contribution is 8.01. The Bertz CT molecular complexity index is 979. The summed E-state index contributed by atoms with van der Waals surface area (Å²) in [7, 11) is -3.63. The van der Waals surface area contributed by atoms with Crippen molar-refractivity contribution in [2.45, 2.75) is 68.5 Å². The first-order valence-electron chi connectivity index (χ1n) is 10.0. The summed E-state index contributed by atoms with van der Waals surface area (Å²) in [5.74, 6) is -0.787. The quantitative estimate of drug-likeness (QED) is 0.583. The van der Waals surface area contributed by atoms with Gasteiger partial charge in [-0.1, -0.05) is 0 Å². The van der Waals surface area contributed by atoms with Crippen LogP contribution in [0.5, 0.6) is 0 Å². The molecule has 0 bridgehead atoms. The molecule has 0 spiro atoms. The van der Waals surface area contributed by atoms with Crippen LogP contribution in [0.1, 0.15) is 40.5 Å². The molecular formula is C20H27N3O6S2. The van der Waals surface area contributed by atoms with Gasteiger partial charge in [0.2, 0.25) is 15.9 Å². The van der Waals surface area contributed by atoms with Gasteiger partial charge in [0.25, 0.3) is 5.91 Å². The molecule has 0 aromatic heterocycles. The van der Waals surface area contributed by atoms with Crippen LogP contribution in [0.3, 0.4) is 0 Å². The molecule has 170 valence electrons. The van der Waals surface area contributed by atoms with E-state index in [1.54, 1.807) is 30.5 Å². The topological polar surface area (TPSA) is 122 Å². The summed E-state index contributed by atoms with van der Waals surface area (Å²) in [5, 5.41) is 2.60. The van der Waals surface area contributed by atoms with Gasteiger partial charge in [0.05, 0.1) is 9.77 Å². The number of anilines is 1. The highest BCUT2D eigenvalue weighted by atomic mass is 32.2. The number of benzene rings is 1. The van der Waals surface area contributed by atoms with Gasteiger partial charge in [0.1, 0.15) is 6.04 Å². The summed E-state index contributed by atoms with van der Waals surface area (Å²) in [5.41, 5.74) is 0.370. The molecule has 3 atom stereocenters. The Balaban J connectivity index is 1.58. The fraction of sp³-hybridized carbons (Fsp3) is 0.550. The van der Waals surface area contributed by atoms with Gasteiger partial charge in [-0.2, -0.15) is 0 Å². The van der Waals surface area contributed by atoms with Crippen molar-refractivity contribution in [3.63, 3.8) is 0 Å². The van der Waals surface area contributed by atoms with Crippen LogP contribution in [0.25, 0.3) is 0 Å². The van der Waals surface area contributed by atoms with Gasteiger partial charge < -0.3 is 15.0 Å². The zero-order valence-electron chi connectivity index (χ0n) is 17.9. The number of hydrogen-bond acceptors (Lipinski definition) is 7. The van der Waals surface area contributed by atoms with Crippen LogP contribution in [-0.4, -0.2) is 59.9 Å². The maximum absolute atomic E-state index is 12.6. The van der Waals surface area contributed by atoms with E-state index in [0.29, 0.717) is 24.3 Å². The number of amides is 2. The van der Waals surface area contributed by atoms with E-state index in [4.69, 9.17) is 4.74 Å². The molecule has 1 aromatic rings. The molecule has 2 aliphatic rings. The fourth-order valence-electron chi connectivity index (χ4n) is 3.64. The molecular weight excluding hydrogens is 442 g/mol. The minimum absolute atomic E-state index is 0.0754. The van der Waals surface area contributed by atoms with E-state index in [2.05, 4.69) is 10.0 Å². The Morgan fingerprint density at radius 1 is 1.23 bits per heavy atom. The number of carbonyl (C=O) groups is 3. The number of hydrogen-bond donors (Lipinski definition) is 2. The van der Waals surface area contributed by atoms with Gasteiger partial charge in [-0.25, -0.2) is 17.9 Å². The second-order valence-corrected chi connectivity index (χ2v) is 11.3. The summed E-state index contributed by atoms with van der Waals surface area (Å²) in [6.07, 6.45) is 0.0178. The van der Waals surface area contributed by atoms with Crippen molar-refractivity contribution < 1.29 is 27.5 Å². The SMILES string of the molecule is CC(C)NS(=O)(=O)c1ccc(NC(=O)[C@H](C)OC(=O)[C@@H]2CS[C@]3(C)CCC(=O)N23)cc1. The average Bonchev–Trinajstić information content (AvgIpc) is 3.17. The normalized spacial score (nSPS) is 24.2. The number of sulfonamides is 1. The van der Waals surface area contributed by atoms with Crippen molar-refractivity contribution in [2.24, 2.45) is 0 Å². The van der Waals surface area contributed by atoms with Crippen LogP contribution >= 0.6 is 11.8 Å². The Kier molecular flexibility index (Phi) is 6.68. The molecule has 2 N–H and O–H groups in total. The number of nitrogens with one attached hydrogen (secondary N) is 2. The highest BCUT2D eigenvalue weighted by Crippen LogP contribution is 2.47. The van der Waals surface area contributed by atoms with E-state index in [0.717, 1.165) is 0 Å². The minimum atomic E-state index is -3.63. The largest absolute Gasteiger partial charge is 0.451 e. The maximum Gasteiger partial charge on any atom is 0.330 e. The van der Waals surface area contributed by atoms with Crippen molar-refractivity contribution in [1.82, 2.24) is 9.62 Å². The predicted molar refractivity (Wildman–Crippen MR) is 117 cm³/mol. The van der Waals surface area contributed by atoms with E-state index < -0.39 is 38.9 Å². The summed E-state index contributed by atoms with van der Waals surface area (Å²) >= 11 is 1.55. The van der Waals surface area contributed by atoms with Crippen molar-refractivity contribution in [3.8, 4) is 0 Å². The molecule has 31 heavy (non-hydrogen) atoms. The van der Waals surface area contributed by atoms with Crippen LogP contribution in [-0.2, 0) is 29.1 Å². The Morgan fingerprint density at radius 2 is 1.87 bits per heavy atom. The first-order valence-corrected chi connectivity index (χ1v) is 12.5. The second kappa shape index (κ2) is 8.79. The maximum atomic E-state index is 12.6. The molecule has 0 saturated carbocycles. The number of thioether (sulfide) groups is 1. The number of carbonyl (C=O) groups excluding carboxylic acids is 3. The second-order valence-electron chi connectivity index (χ2n) is 8.13. The smallest absolute Gasteiger partial charge is 0.330 e. The minimum Gasteiger partial charge on any atom is -0.451 e. The first kappa shape index (κ1) is 23.6. The molecule has 1 aromatic carbocycles. The summed E-state index contributed by atoms with van der Waals surface area (Å²) < 4.78 is 32.1. The highest BCUT2D eigenvalue weighted by Gasteiger charge is 2.53. The lowest BCUT2D eigenvalue weighted by Crippen LogP contribution is -2.48. The molecule has 3 rings (SSSR count). The van der Waals surface area contributed by atoms with E-state index in [-0.39, 0.29) is 16.8 Å². The zero-order valence-corrected chi connectivity index (χ0v) is 19.5. The lowest BCUT2D eigenvalue weighted by molar-refractivity contribution is -0.160. The van der Waals surface area contributed by atoms with Gasteiger partial charge in [-0.05, 0) is 58.4 Å². The van der Waals surface area contributed by atoms with Crippen molar-refractivity contribution in [1.29, 1.82) is 0 Å². The fourth-order valence-corrected chi connectivity index (χ4v) is 6.31. The Morgan fingerprint density at radius 3 is 2.48 bits per heavy atom. The van der Waals surface area contributed by atoms with Crippen LogP contribution in [0.15, 0.2) is 29.2 Å². The van der Waals surface area contributed by atoms with Crippen LogP contribution in [0, 0.1) is 0 Å². The molecule has 11 heteroatoms. The summed E-state index contributed by atoms with van der Waals surface area (Å²) in [4.78, 5) is 38.5. The summed E-state index contributed by atoms with van der Waals surface area (Å²) in [6.45, 7) is 6.83.